The predicted octanol–water partition coefficient (Wildman–Crippen LogP) is 5.58. The molecule has 4 aromatic rings. The van der Waals surface area contributed by atoms with Crippen molar-refractivity contribution in [2.45, 2.75) is 19.4 Å². The van der Waals surface area contributed by atoms with Gasteiger partial charge in [0.15, 0.2) is 5.78 Å². The summed E-state index contributed by atoms with van der Waals surface area (Å²) in [5.74, 6) is -0.0696. The summed E-state index contributed by atoms with van der Waals surface area (Å²) in [6, 6.07) is 25.5. The fourth-order valence-corrected chi connectivity index (χ4v) is 4.33. The molecule has 0 fully saturated rings. The van der Waals surface area contributed by atoms with Crippen molar-refractivity contribution in [3.8, 4) is 11.1 Å². The van der Waals surface area contributed by atoms with Crippen LogP contribution in [0.1, 0.15) is 28.2 Å². The van der Waals surface area contributed by atoms with Crippen molar-refractivity contribution in [1.29, 1.82) is 0 Å². The van der Waals surface area contributed by atoms with Crippen LogP contribution in [-0.4, -0.2) is 28.6 Å². The maximum atomic E-state index is 12.5. The van der Waals surface area contributed by atoms with E-state index in [2.05, 4.69) is 4.98 Å². The van der Waals surface area contributed by atoms with Crippen LogP contribution in [0.4, 0.5) is 0 Å². The van der Waals surface area contributed by atoms with Crippen molar-refractivity contribution in [1.82, 2.24) is 9.88 Å². The van der Waals surface area contributed by atoms with Crippen LogP contribution in [0, 0.1) is 0 Å². The molecule has 0 unspecified atom stereocenters. The zero-order valence-electron chi connectivity index (χ0n) is 16.7. The fourth-order valence-electron chi connectivity index (χ4n) is 3.31. The van der Waals surface area contributed by atoms with E-state index < -0.39 is 0 Å². The van der Waals surface area contributed by atoms with Gasteiger partial charge in [-0.05, 0) is 23.3 Å². The molecule has 4 rings (SSSR count). The lowest BCUT2D eigenvalue weighted by atomic mass is 10.0. The Morgan fingerprint density at radius 2 is 1.50 bits per heavy atom. The van der Waals surface area contributed by atoms with Crippen LogP contribution in [0.5, 0.6) is 0 Å². The number of hydrogen-bond acceptors (Lipinski definition) is 4. The monoisotopic (exact) mass is 414 g/mol. The minimum atomic E-state index is -0.0523. The minimum absolute atomic E-state index is 0.0173. The second-order valence-corrected chi connectivity index (χ2v) is 8.31. The number of rotatable bonds is 7. The molecule has 1 aromatic heterocycles. The number of fused-ring (bicyclic) bond motifs is 1. The molecule has 5 heteroatoms. The molecule has 4 nitrogen and oxygen atoms in total. The third-order valence-corrected chi connectivity index (χ3v) is 6.04. The van der Waals surface area contributed by atoms with Crippen LogP contribution in [0.25, 0.3) is 21.3 Å². The average molecular weight is 415 g/mol. The van der Waals surface area contributed by atoms with Crippen molar-refractivity contribution >= 4 is 33.2 Å². The highest BCUT2D eigenvalue weighted by Gasteiger charge is 2.15. The first-order valence-corrected chi connectivity index (χ1v) is 10.7. The average Bonchev–Trinajstić information content (AvgIpc) is 3.20. The highest BCUT2D eigenvalue weighted by Crippen LogP contribution is 2.23. The van der Waals surface area contributed by atoms with E-state index >= 15 is 0 Å². The second-order valence-electron chi connectivity index (χ2n) is 7.19. The molecule has 1 amide bonds. The number of nitrogens with zero attached hydrogens (tertiary/aromatic N) is 2. The van der Waals surface area contributed by atoms with Gasteiger partial charge in [0.2, 0.25) is 5.91 Å². The lowest BCUT2D eigenvalue weighted by molar-refractivity contribution is -0.130. The first-order valence-electron chi connectivity index (χ1n) is 9.87. The summed E-state index contributed by atoms with van der Waals surface area (Å²) in [6.45, 7) is 0.456. The van der Waals surface area contributed by atoms with Crippen LogP contribution in [0.3, 0.4) is 0 Å². The highest BCUT2D eigenvalue weighted by atomic mass is 32.1. The Labute approximate surface area is 179 Å². The molecule has 0 aliphatic carbocycles. The molecule has 0 spiro atoms. The van der Waals surface area contributed by atoms with Gasteiger partial charge in [0.25, 0.3) is 0 Å². The maximum absolute atomic E-state index is 12.5. The molecule has 0 atom stereocenters. The molecule has 0 saturated carbocycles. The van der Waals surface area contributed by atoms with E-state index in [0.717, 1.165) is 26.4 Å². The van der Waals surface area contributed by atoms with E-state index in [9.17, 15) is 9.59 Å². The number of ketones is 1. The van der Waals surface area contributed by atoms with Crippen molar-refractivity contribution in [2.75, 3.05) is 7.05 Å². The standard InChI is InChI=1S/C25H22N2O2S/c1-27(17-24-26-21-9-5-6-10-23(21)30-24)25(29)16-15-22(28)20-13-11-19(12-14-20)18-7-3-2-4-8-18/h2-14H,15-17H2,1H3. The Morgan fingerprint density at radius 1 is 0.833 bits per heavy atom. The molecular formula is C25H22N2O2S. The second kappa shape index (κ2) is 9.01. The van der Waals surface area contributed by atoms with Crippen LogP contribution < -0.4 is 0 Å². The Hall–Kier alpha value is -3.31. The van der Waals surface area contributed by atoms with E-state index in [1.807, 2.05) is 78.9 Å². The molecule has 0 radical (unpaired) electrons. The van der Waals surface area contributed by atoms with Crippen molar-refractivity contribution in [2.24, 2.45) is 0 Å². The van der Waals surface area contributed by atoms with Gasteiger partial charge in [-0.2, -0.15) is 0 Å². The summed E-state index contributed by atoms with van der Waals surface area (Å²) < 4.78 is 1.11. The number of aromatic nitrogens is 1. The van der Waals surface area contributed by atoms with Gasteiger partial charge in [-0.25, -0.2) is 4.98 Å². The Bertz CT molecular complexity index is 1130. The largest absolute Gasteiger partial charge is 0.339 e. The van der Waals surface area contributed by atoms with Crippen molar-refractivity contribution in [3.63, 3.8) is 0 Å². The smallest absolute Gasteiger partial charge is 0.223 e. The molecule has 0 N–H and O–H groups in total. The number of hydrogen-bond donors (Lipinski definition) is 0. The van der Waals surface area contributed by atoms with Gasteiger partial charge >= 0.3 is 0 Å². The van der Waals surface area contributed by atoms with E-state index in [4.69, 9.17) is 0 Å². The molecule has 3 aromatic carbocycles. The molecule has 150 valence electrons. The van der Waals surface area contributed by atoms with Crippen LogP contribution >= 0.6 is 11.3 Å². The molecular weight excluding hydrogens is 392 g/mol. The summed E-state index contributed by atoms with van der Waals surface area (Å²) >= 11 is 1.59. The van der Waals surface area contributed by atoms with E-state index in [1.54, 1.807) is 23.3 Å². The van der Waals surface area contributed by atoms with Gasteiger partial charge in [-0.3, -0.25) is 9.59 Å². The third-order valence-electron chi connectivity index (χ3n) is 5.02. The van der Waals surface area contributed by atoms with E-state index in [-0.39, 0.29) is 24.5 Å². The summed E-state index contributed by atoms with van der Waals surface area (Å²) in [5.41, 5.74) is 3.77. The number of amides is 1. The summed E-state index contributed by atoms with van der Waals surface area (Å²) in [5, 5.41) is 0.898. The zero-order valence-corrected chi connectivity index (χ0v) is 17.6. The summed E-state index contributed by atoms with van der Waals surface area (Å²) in [7, 11) is 1.76. The van der Waals surface area contributed by atoms with Crippen LogP contribution in [0.2, 0.25) is 0 Å². The van der Waals surface area contributed by atoms with Gasteiger partial charge < -0.3 is 4.90 Å². The minimum Gasteiger partial charge on any atom is -0.339 e. The number of carbonyl (C=O) groups excluding carboxylic acids is 2. The number of benzene rings is 3. The quantitative estimate of drug-likeness (QED) is 0.371. The predicted molar refractivity (Wildman–Crippen MR) is 122 cm³/mol. The third kappa shape index (κ3) is 4.63. The van der Waals surface area contributed by atoms with Crippen LogP contribution in [0.15, 0.2) is 78.9 Å². The molecule has 0 aliphatic rings. The molecule has 1 heterocycles. The van der Waals surface area contributed by atoms with E-state index in [1.165, 1.54) is 0 Å². The van der Waals surface area contributed by atoms with Crippen molar-refractivity contribution in [3.05, 3.63) is 89.4 Å². The lowest BCUT2D eigenvalue weighted by Gasteiger charge is -2.15. The van der Waals surface area contributed by atoms with Gasteiger partial charge in [0.05, 0.1) is 16.8 Å². The number of para-hydroxylation sites is 1. The first kappa shape index (κ1) is 20.0. The van der Waals surface area contributed by atoms with Gasteiger partial charge in [-0.15, -0.1) is 11.3 Å². The van der Waals surface area contributed by atoms with Gasteiger partial charge in [-0.1, -0.05) is 66.7 Å². The SMILES string of the molecule is CN(Cc1nc2ccccc2s1)C(=O)CCC(=O)c1ccc(-c2ccccc2)cc1. The van der Waals surface area contributed by atoms with Gasteiger partial charge in [0, 0.05) is 25.5 Å². The molecule has 0 saturated heterocycles. The first-order chi connectivity index (χ1) is 14.6. The Kier molecular flexibility index (Phi) is 6.00. The van der Waals surface area contributed by atoms with Crippen molar-refractivity contribution < 1.29 is 9.59 Å². The number of Topliss-reactive ketones (excluding diaryl/α,β-unsaturated/α-hetero) is 1. The Morgan fingerprint density at radius 3 is 2.23 bits per heavy atom. The summed E-state index contributed by atoms with van der Waals surface area (Å²) in [6.07, 6.45) is 0.397. The van der Waals surface area contributed by atoms with E-state index in [0.29, 0.717) is 12.1 Å². The number of thiazole rings is 1. The lowest BCUT2D eigenvalue weighted by Crippen LogP contribution is -2.26. The molecule has 30 heavy (non-hydrogen) atoms. The van der Waals surface area contributed by atoms with Crippen LogP contribution in [-0.2, 0) is 11.3 Å². The highest BCUT2D eigenvalue weighted by molar-refractivity contribution is 7.18. The number of carbonyl (C=O) groups is 2. The van der Waals surface area contributed by atoms with Gasteiger partial charge in [0.1, 0.15) is 5.01 Å². The molecule has 0 bridgehead atoms. The zero-order chi connectivity index (χ0) is 20.9. The maximum Gasteiger partial charge on any atom is 0.223 e. The molecule has 0 aliphatic heterocycles. The Balaban J connectivity index is 1.32. The summed E-state index contributed by atoms with van der Waals surface area (Å²) in [4.78, 5) is 31.2. The topological polar surface area (TPSA) is 50.3 Å². The normalized spacial score (nSPS) is 10.8. The fraction of sp³-hybridized carbons (Fsp3) is 0.160.